The molecule has 0 bridgehead atoms. The number of aromatic nitrogens is 3. The van der Waals surface area contributed by atoms with Crippen LogP contribution < -0.4 is 11.1 Å². The molecule has 0 unspecified atom stereocenters. The molecule has 1 heterocycles. The SMILES string of the molecule is CC(C)[C@H](N)C(=O)NCc1nncn1C. The van der Waals surface area contributed by atoms with Crippen molar-refractivity contribution in [3.8, 4) is 0 Å². The molecule has 15 heavy (non-hydrogen) atoms. The van der Waals surface area contributed by atoms with Crippen molar-refractivity contribution in [1.82, 2.24) is 20.1 Å². The van der Waals surface area contributed by atoms with Crippen LogP contribution in [0.2, 0.25) is 0 Å². The maximum atomic E-state index is 11.5. The van der Waals surface area contributed by atoms with Gasteiger partial charge in [0.25, 0.3) is 0 Å². The zero-order valence-electron chi connectivity index (χ0n) is 9.27. The summed E-state index contributed by atoms with van der Waals surface area (Å²) in [5.41, 5.74) is 5.68. The van der Waals surface area contributed by atoms with Crippen LogP contribution in [0.15, 0.2) is 6.33 Å². The van der Waals surface area contributed by atoms with E-state index in [4.69, 9.17) is 5.73 Å². The lowest BCUT2D eigenvalue weighted by molar-refractivity contribution is -0.123. The number of nitrogens with one attached hydrogen (secondary N) is 1. The Morgan fingerprint density at radius 1 is 1.67 bits per heavy atom. The number of nitrogens with zero attached hydrogens (tertiary/aromatic N) is 3. The second-order valence-electron chi connectivity index (χ2n) is 3.85. The summed E-state index contributed by atoms with van der Waals surface area (Å²) < 4.78 is 1.75. The van der Waals surface area contributed by atoms with Crippen molar-refractivity contribution in [3.63, 3.8) is 0 Å². The predicted molar refractivity (Wildman–Crippen MR) is 55.7 cm³/mol. The zero-order valence-corrected chi connectivity index (χ0v) is 9.27. The van der Waals surface area contributed by atoms with Gasteiger partial charge in [-0.15, -0.1) is 10.2 Å². The summed E-state index contributed by atoms with van der Waals surface area (Å²) >= 11 is 0. The van der Waals surface area contributed by atoms with Crippen LogP contribution in [0.5, 0.6) is 0 Å². The summed E-state index contributed by atoms with van der Waals surface area (Å²) in [7, 11) is 1.82. The Morgan fingerprint density at radius 2 is 2.33 bits per heavy atom. The first-order valence-electron chi connectivity index (χ1n) is 4.88. The molecule has 0 radical (unpaired) electrons. The summed E-state index contributed by atoms with van der Waals surface area (Å²) in [5, 5.41) is 10.3. The minimum Gasteiger partial charge on any atom is -0.347 e. The van der Waals surface area contributed by atoms with E-state index < -0.39 is 6.04 Å². The van der Waals surface area contributed by atoms with Crippen molar-refractivity contribution in [2.75, 3.05) is 0 Å². The lowest BCUT2D eigenvalue weighted by Gasteiger charge is -2.14. The maximum absolute atomic E-state index is 11.5. The quantitative estimate of drug-likeness (QED) is 0.697. The molecular weight excluding hydrogens is 194 g/mol. The summed E-state index contributed by atoms with van der Waals surface area (Å²) in [6.45, 7) is 4.18. The number of amides is 1. The molecule has 0 spiro atoms. The average molecular weight is 211 g/mol. The second-order valence-corrected chi connectivity index (χ2v) is 3.85. The van der Waals surface area contributed by atoms with Crippen molar-refractivity contribution in [2.24, 2.45) is 18.7 Å². The molecule has 0 fully saturated rings. The Labute approximate surface area is 88.9 Å². The molecule has 1 atom stereocenters. The Kier molecular flexibility index (Phi) is 3.79. The molecule has 3 N–H and O–H groups in total. The molecule has 6 heteroatoms. The fourth-order valence-corrected chi connectivity index (χ4v) is 1.05. The van der Waals surface area contributed by atoms with Gasteiger partial charge in [0, 0.05) is 7.05 Å². The maximum Gasteiger partial charge on any atom is 0.237 e. The van der Waals surface area contributed by atoms with Crippen LogP contribution in [0.1, 0.15) is 19.7 Å². The Bertz CT molecular complexity index is 333. The highest BCUT2D eigenvalue weighted by Gasteiger charge is 2.17. The van der Waals surface area contributed by atoms with Gasteiger partial charge in [-0.25, -0.2) is 0 Å². The van der Waals surface area contributed by atoms with Gasteiger partial charge in [0.15, 0.2) is 5.82 Å². The molecule has 0 aliphatic heterocycles. The monoisotopic (exact) mass is 211 g/mol. The van der Waals surface area contributed by atoms with Gasteiger partial charge < -0.3 is 15.6 Å². The minimum absolute atomic E-state index is 0.129. The standard InChI is InChI=1S/C9H17N5O/c1-6(2)8(10)9(15)11-4-7-13-12-5-14(7)3/h5-6,8H,4,10H2,1-3H3,(H,11,15)/t8-/m0/s1. The van der Waals surface area contributed by atoms with Crippen LogP contribution in [-0.4, -0.2) is 26.7 Å². The van der Waals surface area contributed by atoms with E-state index >= 15 is 0 Å². The van der Waals surface area contributed by atoms with E-state index in [0.717, 1.165) is 0 Å². The summed E-state index contributed by atoms with van der Waals surface area (Å²) in [5.74, 6) is 0.678. The van der Waals surface area contributed by atoms with E-state index in [0.29, 0.717) is 12.4 Å². The highest BCUT2D eigenvalue weighted by molar-refractivity contribution is 5.81. The summed E-state index contributed by atoms with van der Waals surface area (Å²) in [6.07, 6.45) is 1.59. The lowest BCUT2D eigenvalue weighted by atomic mass is 10.1. The van der Waals surface area contributed by atoms with Crippen molar-refractivity contribution in [3.05, 3.63) is 12.2 Å². The van der Waals surface area contributed by atoms with Gasteiger partial charge in [-0.2, -0.15) is 0 Å². The van der Waals surface area contributed by atoms with Gasteiger partial charge in [0.2, 0.25) is 5.91 Å². The largest absolute Gasteiger partial charge is 0.347 e. The highest BCUT2D eigenvalue weighted by Crippen LogP contribution is 1.98. The molecule has 84 valence electrons. The molecule has 6 nitrogen and oxygen atoms in total. The lowest BCUT2D eigenvalue weighted by Crippen LogP contribution is -2.43. The van der Waals surface area contributed by atoms with Crippen molar-refractivity contribution >= 4 is 5.91 Å². The first-order valence-corrected chi connectivity index (χ1v) is 4.88. The number of rotatable bonds is 4. The third-order valence-corrected chi connectivity index (χ3v) is 2.25. The van der Waals surface area contributed by atoms with Crippen LogP contribution in [-0.2, 0) is 18.4 Å². The average Bonchev–Trinajstić information content (AvgIpc) is 2.59. The van der Waals surface area contributed by atoms with Crippen molar-refractivity contribution in [1.29, 1.82) is 0 Å². The van der Waals surface area contributed by atoms with E-state index in [-0.39, 0.29) is 11.8 Å². The highest BCUT2D eigenvalue weighted by atomic mass is 16.2. The number of aryl methyl sites for hydroxylation is 1. The van der Waals surface area contributed by atoms with Crippen LogP contribution in [0.4, 0.5) is 0 Å². The second kappa shape index (κ2) is 4.88. The van der Waals surface area contributed by atoms with E-state index in [1.165, 1.54) is 0 Å². The van der Waals surface area contributed by atoms with Crippen LogP contribution in [0, 0.1) is 5.92 Å². The first-order chi connectivity index (χ1) is 7.02. The van der Waals surface area contributed by atoms with Crippen LogP contribution >= 0.6 is 0 Å². The fraction of sp³-hybridized carbons (Fsp3) is 0.667. The van der Waals surface area contributed by atoms with Crippen molar-refractivity contribution in [2.45, 2.75) is 26.4 Å². The molecule has 1 amide bonds. The van der Waals surface area contributed by atoms with E-state index in [1.807, 2.05) is 20.9 Å². The summed E-state index contributed by atoms with van der Waals surface area (Å²) in [6, 6.07) is -0.474. The number of hydrogen-bond acceptors (Lipinski definition) is 4. The Hall–Kier alpha value is -1.43. The Morgan fingerprint density at radius 3 is 2.80 bits per heavy atom. The van der Waals surface area contributed by atoms with Gasteiger partial charge in [-0.1, -0.05) is 13.8 Å². The van der Waals surface area contributed by atoms with E-state index in [1.54, 1.807) is 10.9 Å². The van der Waals surface area contributed by atoms with Crippen LogP contribution in [0.3, 0.4) is 0 Å². The third kappa shape index (κ3) is 3.02. The molecular formula is C9H17N5O. The summed E-state index contributed by atoms with van der Waals surface area (Å²) in [4.78, 5) is 11.5. The predicted octanol–water partition coefficient (Wildman–Crippen LogP) is -0.585. The van der Waals surface area contributed by atoms with Gasteiger partial charge in [-0.3, -0.25) is 4.79 Å². The van der Waals surface area contributed by atoms with E-state index in [2.05, 4.69) is 15.5 Å². The molecule has 0 saturated heterocycles. The number of carbonyl (C=O) groups is 1. The normalized spacial score (nSPS) is 12.9. The molecule has 1 rings (SSSR count). The fourth-order valence-electron chi connectivity index (χ4n) is 1.05. The van der Waals surface area contributed by atoms with Gasteiger partial charge in [0.1, 0.15) is 6.33 Å². The van der Waals surface area contributed by atoms with E-state index in [9.17, 15) is 4.79 Å². The van der Waals surface area contributed by atoms with Crippen molar-refractivity contribution < 1.29 is 4.79 Å². The van der Waals surface area contributed by atoms with Gasteiger partial charge >= 0.3 is 0 Å². The first kappa shape index (κ1) is 11.6. The molecule has 0 saturated carbocycles. The molecule has 0 aromatic carbocycles. The third-order valence-electron chi connectivity index (χ3n) is 2.25. The molecule has 1 aromatic rings. The molecule has 0 aliphatic carbocycles. The minimum atomic E-state index is -0.474. The molecule has 0 aliphatic rings. The number of carbonyl (C=O) groups excluding carboxylic acids is 1. The van der Waals surface area contributed by atoms with Gasteiger partial charge in [-0.05, 0) is 5.92 Å². The topological polar surface area (TPSA) is 85.8 Å². The Balaban J connectivity index is 2.44. The number of nitrogens with two attached hydrogens (primary N) is 1. The zero-order chi connectivity index (χ0) is 11.4. The van der Waals surface area contributed by atoms with Gasteiger partial charge in [0.05, 0.1) is 12.6 Å². The van der Waals surface area contributed by atoms with Crippen LogP contribution in [0.25, 0.3) is 0 Å². The molecule has 1 aromatic heterocycles. The smallest absolute Gasteiger partial charge is 0.237 e. The number of hydrogen-bond donors (Lipinski definition) is 2.